The number of methoxy groups -OCH3 is 1. The van der Waals surface area contributed by atoms with Crippen molar-refractivity contribution >= 4 is 34.8 Å². The van der Waals surface area contributed by atoms with Gasteiger partial charge in [-0.05, 0) is 44.3 Å². The molecule has 7 heteroatoms. The van der Waals surface area contributed by atoms with E-state index in [0.717, 1.165) is 0 Å². The zero-order valence-electron chi connectivity index (χ0n) is 10.9. The van der Waals surface area contributed by atoms with E-state index in [1.54, 1.807) is 12.1 Å². The predicted molar refractivity (Wildman–Crippen MR) is 79.5 cm³/mol. The average Bonchev–Trinajstić information content (AvgIpc) is 2.35. The lowest BCUT2D eigenvalue weighted by molar-refractivity contribution is 0.0940. The van der Waals surface area contributed by atoms with E-state index in [9.17, 15) is 4.79 Å². The quantitative estimate of drug-likeness (QED) is 0.588. The molecule has 0 spiro atoms. The second kappa shape index (κ2) is 7.16. The Kier molecular flexibility index (Phi) is 5.85. The summed E-state index contributed by atoms with van der Waals surface area (Å²) < 4.78 is 5.10. The average molecular weight is 302 g/mol. The normalized spacial score (nSPS) is 9.95. The smallest absolute Gasteiger partial charge is 0.273 e. The minimum atomic E-state index is -0.382. The zero-order chi connectivity index (χ0) is 14.4. The molecule has 0 fully saturated rings. The highest BCUT2D eigenvalue weighted by molar-refractivity contribution is 7.80. The van der Waals surface area contributed by atoms with E-state index in [-0.39, 0.29) is 11.9 Å². The number of hydrogen-bond acceptors (Lipinski definition) is 3. The zero-order valence-corrected chi connectivity index (χ0v) is 12.5. The van der Waals surface area contributed by atoms with Gasteiger partial charge in [-0.2, -0.15) is 0 Å². The highest BCUT2D eigenvalue weighted by atomic mass is 35.5. The number of ether oxygens (including phenoxy) is 1. The van der Waals surface area contributed by atoms with Crippen molar-refractivity contribution in [1.82, 2.24) is 16.2 Å². The Morgan fingerprint density at radius 2 is 2.05 bits per heavy atom. The summed E-state index contributed by atoms with van der Waals surface area (Å²) in [5, 5.41) is 3.73. The van der Waals surface area contributed by atoms with Gasteiger partial charge >= 0.3 is 0 Å². The highest BCUT2D eigenvalue weighted by Gasteiger charge is 2.13. The number of benzene rings is 1. The van der Waals surface area contributed by atoms with Gasteiger partial charge < -0.3 is 10.1 Å². The molecular weight excluding hydrogens is 286 g/mol. The molecule has 1 amide bonds. The van der Waals surface area contributed by atoms with E-state index in [0.29, 0.717) is 21.4 Å². The molecule has 0 bridgehead atoms. The van der Waals surface area contributed by atoms with Gasteiger partial charge in [-0.3, -0.25) is 15.6 Å². The molecule has 0 aromatic heterocycles. The lowest BCUT2D eigenvalue weighted by Gasteiger charge is -2.14. The standard InChI is InChI=1S/C12H16ClN3O2S/c1-7(2)14-12(19)16-15-11(17)9-6-8(13)4-5-10(9)18-3/h4-7H,1-3H3,(H,15,17)(H2,14,16,19). The second-order valence-corrected chi connectivity index (χ2v) is 4.90. The van der Waals surface area contributed by atoms with E-state index >= 15 is 0 Å². The van der Waals surface area contributed by atoms with Crippen molar-refractivity contribution in [2.75, 3.05) is 7.11 Å². The van der Waals surface area contributed by atoms with Crippen LogP contribution in [0.1, 0.15) is 24.2 Å². The molecule has 0 heterocycles. The van der Waals surface area contributed by atoms with Crippen molar-refractivity contribution in [3.8, 4) is 5.75 Å². The van der Waals surface area contributed by atoms with Crippen LogP contribution >= 0.6 is 23.8 Å². The molecule has 104 valence electrons. The third-order valence-corrected chi connectivity index (χ3v) is 2.57. The summed E-state index contributed by atoms with van der Waals surface area (Å²) in [5.41, 5.74) is 5.41. The van der Waals surface area contributed by atoms with Gasteiger partial charge in [0.25, 0.3) is 5.91 Å². The van der Waals surface area contributed by atoms with Crippen LogP contribution in [0.4, 0.5) is 0 Å². The predicted octanol–water partition coefficient (Wildman–Crippen LogP) is 1.87. The summed E-state index contributed by atoms with van der Waals surface area (Å²) in [5.74, 6) is 0.0543. The molecule has 0 unspecified atom stereocenters. The topological polar surface area (TPSA) is 62.4 Å². The van der Waals surface area contributed by atoms with Gasteiger partial charge in [0.15, 0.2) is 5.11 Å². The van der Waals surface area contributed by atoms with Crippen LogP contribution in [0.5, 0.6) is 5.75 Å². The molecule has 0 radical (unpaired) electrons. The molecule has 0 aliphatic heterocycles. The highest BCUT2D eigenvalue weighted by Crippen LogP contribution is 2.22. The fourth-order valence-corrected chi connectivity index (χ4v) is 1.80. The van der Waals surface area contributed by atoms with E-state index in [1.807, 2.05) is 13.8 Å². The van der Waals surface area contributed by atoms with Crippen molar-refractivity contribution in [2.24, 2.45) is 0 Å². The van der Waals surface area contributed by atoms with Gasteiger partial charge in [0, 0.05) is 11.1 Å². The molecule has 0 saturated heterocycles. The van der Waals surface area contributed by atoms with Gasteiger partial charge in [0.05, 0.1) is 12.7 Å². The maximum absolute atomic E-state index is 12.0. The van der Waals surface area contributed by atoms with Crippen LogP contribution in [0.25, 0.3) is 0 Å². The number of carbonyl (C=O) groups is 1. The largest absolute Gasteiger partial charge is 0.496 e. The van der Waals surface area contributed by atoms with Gasteiger partial charge in [-0.15, -0.1) is 0 Å². The van der Waals surface area contributed by atoms with E-state index in [2.05, 4.69) is 16.2 Å². The molecule has 0 saturated carbocycles. The van der Waals surface area contributed by atoms with Gasteiger partial charge in [0.2, 0.25) is 0 Å². The van der Waals surface area contributed by atoms with E-state index < -0.39 is 0 Å². The summed E-state index contributed by atoms with van der Waals surface area (Å²) >= 11 is 10.8. The Morgan fingerprint density at radius 3 is 2.63 bits per heavy atom. The maximum Gasteiger partial charge on any atom is 0.273 e. The lowest BCUT2D eigenvalue weighted by Crippen LogP contribution is -2.48. The fourth-order valence-electron chi connectivity index (χ4n) is 1.34. The van der Waals surface area contributed by atoms with E-state index in [1.165, 1.54) is 13.2 Å². The number of rotatable bonds is 3. The van der Waals surface area contributed by atoms with Crippen LogP contribution in [0, 0.1) is 0 Å². The van der Waals surface area contributed by atoms with Crippen LogP contribution in [0.3, 0.4) is 0 Å². The summed E-state index contributed by atoms with van der Waals surface area (Å²) in [7, 11) is 1.48. The summed E-state index contributed by atoms with van der Waals surface area (Å²) in [6.07, 6.45) is 0. The van der Waals surface area contributed by atoms with Crippen molar-refractivity contribution in [3.05, 3.63) is 28.8 Å². The minimum Gasteiger partial charge on any atom is -0.496 e. The van der Waals surface area contributed by atoms with Crippen molar-refractivity contribution in [3.63, 3.8) is 0 Å². The Morgan fingerprint density at radius 1 is 1.37 bits per heavy atom. The van der Waals surface area contributed by atoms with Crippen molar-refractivity contribution in [2.45, 2.75) is 19.9 Å². The monoisotopic (exact) mass is 301 g/mol. The first-order chi connectivity index (χ1) is 8.93. The summed E-state index contributed by atoms with van der Waals surface area (Å²) in [6, 6.07) is 4.98. The van der Waals surface area contributed by atoms with Crippen LogP contribution in [-0.2, 0) is 0 Å². The van der Waals surface area contributed by atoms with Crippen LogP contribution in [0.2, 0.25) is 5.02 Å². The molecule has 1 aromatic rings. The number of hydrazine groups is 1. The fraction of sp³-hybridized carbons (Fsp3) is 0.333. The van der Waals surface area contributed by atoms with Gasteiger partial charge in [-0.25, -0.2) is 0 Å². The van der Waals surface area contributed by atoms with Crippen LogP contribution < -0.4 is 20.9 Å². The first-order valence-electron chi connectivity index (χ1n) is 5.64. The minimum absolute atomic E-state index is 0.178. The number of halogens is 1. The molecule has 5 nitrogen and oxygen atoms in total. The lowest BCUT2D eigenvalue weighted by atomic mass is 10.2. The number of carbonyl (C=O) groups excluding carboxylic acids is 1. The number of hydrogen-bond donors (Lipinski definition) is 3. The number of amides is 1. The molecular formula is C12H16ClN3O2S. The maximum atomic E-state index is 12.0. The van der Waals surface area contributed by atoms with Crippen molar-refractivity contribution in [1.29, 1.82) is 0 Å². The molecule has 0 atom stereocenters. The molecule has 1 aromatic carbocycles. The summed E-state index contributed by atoms with van der Waals surface area (Å²) in [6.45, 7) is 3.88. The first-order valence-corrected chi connectivity index (χ1v) is 6.43. The first kappa shape index (κ1) is 15.5. The Bertz CT molecular complexity index is 480. The SMILES string of the molecule is COc1ccc(Cl)cc1C(=O)NNC(=S)NC(C)C. The Balaban J connectivity index is 2.68. The number of thiocarbonyl (C=S) groups is 1. The molecule has 0 aliphatic carbocycles. The Labute approximate surface area is 122 Å². The second-order valence-electron chi connectivity index (χ2n) is 4.05. The van der Waals surface area contributed by atoms with Crippen LogP contribution in [0.15, 0.2) is 18.2 Å². The van der Waals surface area contributed by atoms with Gasteiger partial charge in [-0.1, -0.05) is 11.6 Å². The third-order valence-electron chi connectivity index (χ3n) is 2.12. The van der Waals surface area contributed by atoms with Gasteiger partial charge in [0.1, 0.15) is 5.75 Å². The molecule has 3 N–H and O–H groups in total. The van der Waals surface area contributed by atoms with Crippen LogP contribution in [-0.4, -0.2) is 24.2 Å². The number of nitrogens with one attached hydrogen (secondary N) is 3. The molecule has 1 rings (SSSR count). The third kappa shape index (κ3) is 4.92. The Hall–Kier alpha value is -1.53. The summed E-state index contributed by atoms with van der Waals surface area (Å²) in [4.78, 5) is 12.0. The van der Waals surface area contributed by atoms with Crippen molar-refractivity contribution < 1.29 is 9.53 Å². The molecule has 0 aliphatic rings. The van der Waals surface area contributed by atoms with E-state index in [4.69, 9.17) is 28.6 Å². The molecule has 19 heavy (non-hydrogen) atoms.